The Morgan fingerprint density at radius 3 is 2.80 bits per heavy atom. The molecule has 0 aromatic rings. The van der Waals surface area contributed by atoms with Crippen LogP contribution in [0.15, 0.2) is 0 Å². The van der Waals surface area contributed by atoms with Gasteiger partial charge in [-0.25, -0.2) is 0 Å². The molecule has 4 atom stereocenters. The second-order valence-electron chi connectivity index (χ2n) is 5.60. The van der Waals surface area contributed by atoms with E-state index in [0.29, 0.717) is 13.0 Å². The molecule has 1 aliphatic carbocycles. The monoisotopic (exact) mass is 285 g/mol. The number of carbonyl (C=O) groups excluding carboxylic acids is 1. The molecule has 0 spiro atoms. The SMILES string of the molecule is CC(OCC1CCCO1)C(=O)N[C@@H]1CCC[C@@H]1C(=O)O. The standard InChI is InChI=1S/C14H23NO5/c1-9(20-8-10-4-3-7-19-10)13(16)15-12-6-2-5-11(12)14(17)18/h9-12H,2-8H2,1H3,(H,15,16)(H,17,18)/t9?,10?,11-,12+/m0/s1. The molecule has 1 saturated carbocycles. The van der Waals surface area contributed by atoms with Crippen molar-refractivity contribution >= 4 is 11.9 Å². The normalized spacial score (nSPS) is 31.1. The number of carboxylic acid groups (broad SMARTS) is 1. The number of hydrogen-bond acceptors (Lipinski definition) is 4. The van der Waals surface area contributed by atoms with Gasteiger partial charge in [-0.2, -0.15) is 0 Å². The molecule has 2 rings (SSSR count). The Hall–Kier alpha value is -1.14. The van der Waals surface area contributed by atoms with Gasteiger partial charge in [0.15, 0.2) is 0 Å². The van der Waals surface area contributed by atoms with Crippen molar-refractivity contribution in [2.24, 2.45) is 5.92 Å². The van der Waals surface area contributed by atoms with Gasteiger partial charge in [0.25, 0.3) is 0 Å². The molecule has 1 aliphatic heterocycles. The molecule has 2 aliphatic rings. The highest BCUT2D eigenvalue weighted by atomic mass is 16.5. The van der Waals surface area contributed by atoms with E-state index in [0.717, 1.165) is 32.3 Å². The third-order valence-corrected chi connectivity index (χ3v) is 4.09. The average molecular weight is 285 g/mol. The van der Waals surface area contributed by atoms with Crippen molar-refractivity contribution in [3.05, 3.63) is 0 Å². The number of aliphatic carboxylic acids is 1. The summed E-state index contributed by atoms with van der Waals surface area (Å²) in [5.41, 5.74) is 0. The summed E-state index contributed by atoms with van der Waals surface area (Å²) in [6.45, 7) is 2.87. The lowest BCUT2D eigenvalue weighted by Gasteiger charge is -2.21. The van der Waals surface area contributed by atoms with Crippen molar-refractivity contribution < 1.29 is 24.2 Å². The topological polar surface area (TPSA) is 84.9 Å². The highest BCUT2D eigenvalue weighted by Crippen LogP contribution is 2.26. The fourth-order valence-electron chi connectivity index (χ4n) is 2.83. The van der Waals surface area contributed by atoms with Crippen molar-refractivity contribution in [1.29, 1.82) is 0 Å². The van der Waals surface area contributed by atoms with E-state index in [1.54, 1.807) is 6.92 Å². The third-order valence-electron chi connectivity index (χ3n) is 4.09. The number of ether oxygens (including phenoxy) is 2. The molecule has 2 N–H and O–H groups in total. The number of carboxylic acids is 1. The Labute approximate surface area is 118 Å². The molecule has 0 radical (unpaired) electrons. The largest absolute Gasteiger partial charge is 0.481 e. The van der Waals surface area contributed by atoms with Crippen LogP contribution in [0.4, 0.5) is 0 Å². The molecule has 2 unspecified atom stereocenters. The first kappa shape index (κ1) is 15.3. The number of carbonyl (C=O) groups is 2. The van der Waals surface area contributed by atoms with Crippen LogP contribution in [0.5, 0.6) is 0 Å². The van der Waals surface area contributed by atoms with E-state index in [9.17, 15) is 9.59 Å². The number of rotatable bonds is 6. The Morgan fingerprint density at radius 1 is 1.35 bits per heavy atom. The van der Waals surface area contributed by atoms with Gasteiger partial charge in [0.1, 0.15) is 6.10 Å². The van der Waals surface area contributed by atoms with Crippen LogP contribution in [0.25, 0.3) is 0 Å². The summed E-state index contributed by atoms with van der Waals surface area (Å²) in [5, 5.41) is 11.9. The molecular formula is C14H23NO5. The minimum absolute atomic E-state index is 0.0866. The minimum Gasteiger partial charge on any atom is -0.481 e. The molecule has 1 saturated heterocycles. The first-order valence-corrected chi connectivity index (χ1v) is 7.34. The fourth-order valence-corrected chi connectivity index (χ4v) is 2.83. The molecule has 0 bridgehead atoms. The molecule has 0 aromatic carbocycles. The first-order valence-electron chi connectivity index (χ1n) is 7.34. The van der Waals surface area contributed by atoms with Gasteiger partial charge in [-0.3, -0.25) is 9.59 Å². The summed E-state index contributed by atoms with van der Waals surface area (Å²) in [6, 6.07) is -0.270. The van der Waals surface area contributed by atoms with E-state index in [4.69, 9.17) is 14.6 Å². The Morgan fingerprint density at radius 2 is 2.15 bits per heavy atom. The van der Waals surface area contributed by atoms with Crippen molar-refractivity contribution in [2.45, 2.75) is 57.3 Å². The molecule has 0 aromatic heterocycles. The van der Waals surface area contributed by atoms with Crippen LogP contribution < -0.4 is 5.32 Å². The maximum atomic E-state index is 12.0. The van der Waals surface area contributed by atoms with Gasteiger partial charge in [-0.05, 0) is 32.6 Å². The van der Waals surface area contributed by atoms with Crippen molar-refractivity contribution in [3.8, 4) is 0 Å². The summed E-state index contributed by atoms with van der Waals surface area (Å²) in [4.78, 5) is 23.1. The van der Waals surface area contributed by atoms with Crippen LogP contribution in [0.3, 0.4) is 0 Å². The van der Waals surface area contributed by atoms with Gasteiger partial charge in [0.05, 0.1) is 18.6 Å². The zero-order valence-corrected chi connectivity index (χ0v) is 11.8. The van der Waals surface area contributed by atoms with E-state index >= 15 is 0 Å². The summed E-state index contributed by atoms with van der Waals surface area (Å²) in [6.07, 6.45) is 3.71. The van der Waals surface area contributed by atoms with Crippen molar-refractivity contribution in [1.82, 2.24) is 5.32 Å². The average Bonchev–Trinajstić information content (AvgIpc) is 3.06. The Balaban J connectivity index is 1.74. The van der Waals surface area contributed by atoms with Gasteiger partial charge in [0.2, 0.25) is 5.91 Å². The van der Waals surface area contributed by atoms with E-state index in [1.807, 2.05) is 0 Å². The second-order valence-corrected chi connectivity index (χ2v) is 5.60. The van der Waals surface area contributed by atoms with Crippen LogP contribution in [0, 0.1) is 5.92 Å². The van der Waals surface area contributed by atoms with Gasteiger partial charge >= 0.3 is 5.97 Å². The minimum atomic E-state index is -0.833. The smallest absolute Gasteiger partial charge is 0.308 e. The predicted molar refractivity (Wildman–Crippen MR) is 71.3 cm³/mol. The lowest BCUT2D eigenvalue weighted by Crippen LogP contribution is -2.45. The van der Waals surface area contributed by atoms with Crippen molar-refractivity contribution in [2.75, 3.05) is 13.2 Å². The zero-order chi connectivity index (χ0) is 14.5. The lowest BCUT2D eigenvalue weighted by atomic mass is 10.0. The molecule has 2 fully saturated rings. The van der Waals surface area contributed by atoms with Crippen molar-refractivity contribution in [3.63, 3.8) is 0 Å². The predicted octanol–water partition coefficient (Wildman–Crippen LogP) is 0.940. The van der Waals surface area contributed by atoms with Crippen LogP contribution in [0.1, 0.15) is 39.0 Å². The highest BCUT2D eigenvalue weighted by Gasteiger charge is 2.34. The summed E-state index contributed by atoms with van der Waals surface area (Å²) >= 11 is 0. The zero-order valence-electron chi connectivity index (χ0n) is 11.8. The molecule has 6 nitrogen and oxygen atoms in total. The summed E-state index contributed by atoms with van der Waals surface area (Å²) in [7, 11) is 0. The van der Waals surface area contributed by atoms with E-state index in [-0.39, 0.29) is 18.1 Å². The van der Waals surface area contributed by atoms with Crippen LogP contribution >= 0.6 is 0 Å². The molecule has 1 amide bonds. The first-order chi connectivity index (χ1) is 9.58. The summed E-state index contributed by atoms with van der Waals surface area (Å²) in [5.74, 6) is -1.54. The van der Waals surface area contributed by atoms with E-state index < -0.39 is 18.0 Å². The Bertz CT molecular complexity index is 353. The van der Waals surface area contributed by atoms with Crippen LogP contribution in [-0.4, -0.2) is 48.4 Å². The van der Waals surface area contributed by atoms with Crippen LogP contribution in [-0.2, 0) is 19.1 Å². The van der Waals surface area contributed by atoms with Gasteiger partial charge in [-0.1, -0.05) is 6.42 Å². The van der Waals surface area contributed by atoms with E-state index in [1.165, 1.54) is 0 Å². The lowest BCUT2D eigenvalue weighted by molar-refractivity contribution is -0.143. The second kappa shape index (κ2) is 7.04. The van der Waals surface area contributed by atoms with E-state index in [2.05, 4.69) is 5.32 Å². The third kappa shape index (κ3) is 3.93. The maximum absolute atomic E-state index is 12.0. The van der Waals surface area contributed by atoms with Gasteiger partial charge in [-0.15, -0.1) is 0 Å². The molecule has 1 heterocycles. The number of hydrogen-bond donors (Lipinski definition) is 2. The number of nitrogens with one attached hydrogen (secondary N) is 1. The molecular weight excluding hydrogens is 262 g/mol. The molecule has 6 heteroatoms. The fraction of sp³-hybridized carbons (Fsp3) is 0.857. The van der Waals surface area contributed by atoms with Crippen LogP contribution in [0.2, 0.25) is 0 Å². The molecule has 20 heavy (non-hydrogen) atoms. The maximum Gasteiger partial charge on any atom is 0.308 e. The molecule has 114 valence electrons. The highest BCUT2D eigenvalue weighted by molar-refractivity contribution is 5.81. The van der Waals surface area contributed by atoms with Gasteiger partial charge in [0, 0.05) is 12.6 Å². The number of amides is 1. The quantitative estimate of drug-likeness (QED) is 0.758. The summed E-state index contributed by atoms with van der Waals surface area (Å²) < 4.78 is 10.9. The van der Waals surface area contributed by atoms with Gasteiger partial charge < -0.3 is 19.9 Å². The Kier molecular flexibility index (Phi) is 5.37.